The van der Waals surface area contributed by atoms with E-state index in [-0.39, 0.29) is 17.6 Å². The topological polar surface area (TPSA) is 29.1 Å². The van der Waals surface area contributed by atoms with Gasteiger partial charge in [-0.15, -0.1) is 0 Å². The van der Waals surface area contributed by atoms with E-state index in [4.69, 9.17) is 0 Å². The third kappa shape index (κ3) is 2.48. The Labute approximate surface area is 101 Å². The second-order valence-electron chi connectivity index (χ2n) is 3.93. The van der Waals surface area contributed by atoms with Gasteiger partial charge in [-0.1, -0.05) is 6.92 Å². The lowest BCUT2D eigenvalue weighted by Gasteiger charge is -2.06. The van der Waals surface area contributed by atoms with Crippen LogP contribution in [0.1, 0.15) is 13.3 Å². The molecule has 2 rings (SSSR count). The Morgan fingerprint density at radius 1 is 1.60 bits per heavy atom. The fourth-order valence-corrected chi connectivity index (χ4v) is 2.12. The summed E-state index contributed by atoms with van der Waals surface area (Å²) in [5.74, 6) is 0.401. The van der Waals surface area contributed by atoms with Gasteiger partial charge in [0.25, 0.3) is 0 Å². The predicted molar refractivity (Wildman–Crippen MR) is 65.0 cm³/mol. The molecule has 2 atom stereocenters. The molecule has 1 aliphatic rings. The number of anilines is 1. The SMILES string of the molecule is CC1CC1C(=O)Nc1ccc(F)cc1I. The van der Waals surface area contributed by atoms with Crippen molar-refractivity contribution in [2.75, 3.05) is 5.32 Å². The third-order valence-electron chi connectivity index (χ3n) is 2.64. The molecule has 1 N–H and O–H groups in total. The fourth-order valence-electron chi connectivity index (χ4n) is 1.50. The van der Waals surface area contributed by atoms with Crippen molar-refractivity contribution in [1.82, 2.24) is 0 Å². The van der Waals surface area contributed by atoms with E-state index >= 15 is 0 Å². The monoisotopic (exact) mass is 319 g/mol. The lowest BCUT2D eigenvalue weighted by Crippen LogP contribution is -2.15. The van der Waals surface area contributed by atoms with Crippen LogP contribution in [0, 0.1) is 21.2 Å². The first-order valence-electron chi connectivity index (χ1n) is 4.84. The maximum absolute atomic E-state index is 12.8. The molecule has 0 bridgehead atoms. The number of hydrogen-bond donors (Lipinski definition) is 1. The van der Waals surface area contributed by atoms with Crippen molar-refractivity contribution in [1.29, 1.82) is 0 Å². The number of benzene rings is 1. The van der Waals surface area contributed by atoms with Crippen LogP contribution in [0.4, 0.5) is 10.1 Å². The molecule has 0 aliphatic heterocycles. The van der Waals surface area contributed by atoms with Gasteiger partial charge in [-0.05, 0) is 53.1 Å². The summed E-state index contributed by atoms with van der Waals surface area (Å²) in [6.45, 7) is 2.06. The molecule has 0 saturated heterocycles. The molecule has 80 valence electrons. The molecule has 0 spiro atoms. The van der Waals surface area contributed by atoms with Crippen molar-refractivity contribution < 1.29 is 9.18 Å². The summed E-state index contributed by atoms with van der Waals surface area (Å²) in [4.78, 5) is 11.6. The van der Waals surface area contributed by atoms with Gasteiger partial charge in [-0.25, -0.2) is 4.39 Å². The standard InChI is InChI=1S/C11H11FINO/c1-6-4-8(6)11(15)14-10-3-2-7(12)5-9(10)13/h2-3,5-6,8H,4H2,1H3,(H,14,15). The zero-order valence-corrected chi connectivity index (χ0v) is 10.4. The maximum atomic E-state index is 12.8. The summed E-state index contributed by atoms with van der Waals surface area (Å²) < 4.78 is 13.5. The smallest absolute Gasteiger partial charge is 0.227 e. The van der Waals surface area contributed by atoms with E-state index in [1.807, 2.05) is 22.6 Å². The summed E-state index contributed by atoms with van der Waals surface area (Å²) >= 11 is 2.01. The molecule has 1 saturated carbocycles. The molecule has 1 amide bonds. The largest absolute Gasteiger partial charge is 0.325 e. The summed E-state index contributed by atoms with van der Waals surface area (Å²) in [5, 5.41) is 2.82. The highest BCUT2D eigenvalue weighted by Gasteiger charge is 2.39. The molecular formula is C11H11FINO. The van der Waals surface area contributed by atoms with Crippen LogP contribution in [0.15, 0.2) is 18.2 Å². The molecule has 0 aromatic heterocycles. The van der Waals surface area contributed by atoms with Crippen molar-refractivity contribution in [3.63, 3.8) is 0 Å². The second kappa shape index (κ2) is 4.08. The predicted octanol–water partition coefficient (Wildman–Crippen LogP) is 3.02. The van der Waals surface area contributed by atoms with Gasteiger partial charge in [0.15, 0.2) is 0 Å². The van der Waals surface area contributed by atoms with Crippen LogP contribution < -0.4 is 5.32 Å². The number of carbonyl (C=O) groups excluding carboxylic acids is 1. The van der Waals surface area contributed by atoms with Gasteiger partial charge in [0.05, 0.1) is 5.69 Å². The normalized spacial score (nSPS) is 23.7. The van der Waals surface area contributed by atoms with Crippen LogP contribution in [0.2, 0.25) is 0 Å². The van der Waals surface area contributed by atoms with E-state index in [1.165, 1.54) is 12.1 Å². The average Bonchev–Trinajstić information content (AvgIpc) is 2.88. The van der Waals surface area contributed by atoms with E-state index in [9.17, 15) is 9.18 Å². The molecule has 0 radical (unpaired) electrons. The lowest BCUT2D eigenvalue weighted by molar-refractivity contribution is -0.117. The first kappa shape index (κ1) is 10.9. The quantitative estimate of drug-likeness (QED) is 0.834. The molecule has 1 fully saturated rings. The highest BCUT2D eigenvalue weighted by atomic mass is 127. The maximum Gasteiger partial charge on any atom is 0.227 e. The third-order valence-corrected chi connectivity index (χ3v) is 3.53. The zero-order chi connectivity index (χ0) is 11.0. The number of nitrogens with one attached hydrogen (secondary N) is 1. The zero-order valence-electron chi connectivity index (χ0n) is 8.26. The van der Waals surface area contributed by atoms with Crippen LogP contribution in [0.5, 0.6) is 0 Å². The summed E-state index contributed by atoms with van der Waals surface area (Å²) in [5.41, 5.74) is 0.695. The molecule has 2 unspecified atom stereocenters. The van der Waals surface area contributed by atoms with E-state index in [0.717, 1.165) is 9.99 Å². The van der Waals surface area contributed by atoms with Crippen molar-refractivity contribution in [2.45, 2.75) is 13.3 Å². The van der Waals surface area contributed by atoms with Crippen LogP contribution >= 0.6 is 22.6 Å². The first-order chi connectivity index (χ1) is 7.08. The minimum atomic E-state index is -0.280. The molecule has 0 heterocycles. The molecule has 1 aromatic rings. The highest BCUT2D eigenvalue weighted by Crippen LogP contribution is 2.38. The van der Waals surface area contributed by atoms with Gasteiger partial charge in [-0.2, -0.15) is 0 Å². The molecule has 4 heteroatoms. The molecule has 2 nitrogen and oxygen atoms in total. The van der Waals surface area contributed by atoms with Crippen molar-refractivity contribution >= 4 is 34.2 Å². The molecule has 1 aliphatic carbocycles. The summed E-state index contributed by atoms with van der Waals surface area (Å²) in [6.07, 6.45) is 0.962. The van der Waals surface area contributed by atoms with E-state index in [1.54, 1.807) is 6.07 Å². The molecular weight excluding hydrogens is 308 g/mol. The van der Waals surface area contributed by atoms with Crippen molar-refractivity contribution in [3.05, 3.63) is 27.6 Å². The Hall–Kier alpha value is -0.650. The minimum Gasteiger partial charge on any atom is -0.325 e. The number of amides is 1. The van der Waals surface area contributed by atoms with Gasteiger partial charge in [0.2, 0.25) is 5.91 Å². The Balaban J connectivity index is 2.07. The molecule has 15 heavy (non-hydrogen) atoms. The van der Waals surface area contributed by atoms with Crippen LogP contribution in [-0.4, -0.2) is 5.91 Å². The van der Waals surface area contributed by atoms with E-state index in [2.05, 4.69) is 12.2 Å². The van der Waals surface area contributed by atoms with Gasteiger partial charge in [-0.3, -0.25) is 4.79 Å². The van der Waals surface area contributed by atoms with Crippen molar-refractivity contribution in [2.24, 2.45) is 11.8 Å². The van der Waals surface area contributed by atoms with Gasteiger partial charge in [0, 0.05) is 9.49 Å². The number of hydrogen-bond acceptors (Lipinski definition) is 1. The summed E-state index contributed by atoms with van der Waals surface area (Å²) in [6, 6.07) is 4.36. The van der Waals surface area contributed by atoms with Crippen molar-refractivity contribution in [3.8, 4) is 0 Å². The first-order valence-corrected chi connectivity index (χ1v) is 5.91. The highest BCUT2D eigenvalue weighted by molar-refractivity contribution is 14.1. The fraction of sp³-hybridized carbons (Fsp3) is 0.364. The molecule has 1 aromatic carbocycles. The van der Waals surface area contributed by atoms with E-state index < -0.39 is 0 Å². The van der Waals surface area contributed by atoms with Crippen LogP contribution in [0.3, 0.4) is 0 Å². The Morgan fingerprint density at radius 2 is 2.27 bits per heavy atom. The second-order valence-corrected chi connectivity index (χ2v) is 5.10. The Morgan fingerprint density at radius 3 is 2.80 bits per heavy atom. The summed E-state index contributed by atoms with van der Waals surface area (Å²) in [7, 11) is 0. The number of carbonyl (C=O) groups is 1. The minimum absolute atomic E-state index is 0.0482. The van der Waals surface area contributed by atoms with E-state index in [0.29, 0.717) is 11.6 Å². The lowest BCUT2D eigenvalue weighted by atomic mass is 10.2. The number of halogens is 2. The van der Waals surface area contributed by atoms with Crippen LogP contribution in [-0.2, 0) is 4.79 Å². The van der Waals surface area contributed by atoms with Gasteiger partial charge < -0.3 is 5.32 Å². The van der Waals surface area contributed by atoms with Gasteiger partial charge >= 0.3 is 0 Å². The Kier molecular flexibility index (Phi) is 2.95. The van der Waals surface area contributed by atoms with Crippen LogP contribution in [0.25, 0.3) is 0 Å². The Bertz CT molecular complexity index is 408. The number of rotatable bonds is 2. The average molecular weight is 319 g/mol. The van der Waals surface area contributed by atoms with Gasteiger partial charge in [0.1, 0.15) is 5.82 Å².